The maximum absolute atomic E-state index is 5.97. The van der Waals surface area contributed by atoms with Gasteiger partial charge in [0, 0.05) is 16.7 Å². The molecule has 1 atom stereocenters. The first-order valence-electron chi connectivity index (χ1n) is 6.81. The van der Waals surface area contributed by atoms with Crippen molar-refractivity contribution in [1.82, 2.24) is 0 Å². The van der Waals surface area contributed by atoms with Crippen molar-refractivity contribution in [2.24, 2.45) is 5.73 Å². The topological polar surface area (TPSA) is 38.0 Å². The van der Waals surface area contributed by atoms with Gasteiger partial charge in [0.1, 0.15) is 0 Å². The molecule has 2 aromatic rings. The van der Waals surface area contributed by atoms with Crippen molar-refractivity contribution >= 4 is 21.6 Å². The Balaban J connectivity index is 2.28. The van der Waals surface area contributed by atoms with Crippen LogP contribution in [-0.2, 0) is 0 Å². The third-order valence-electron chi connectivity index (χ3n) is 3.68. The number of benzene rings is 2. The summed E-state index contributed by atoms with van der Waals surface area (Å²) in [4.78, 5) is 0. The van der Waals surface area contributed by atoms with Crippen molar-refractivity contribution in [3.63, 3.8) is 0 Å². The molecule has 0 heterocycles. The van der Waals surface area contributed by atoms with Crippen LogP contribution in [0, 0.1) is 20.8 Å². The fourth-order valence-electron chi connectivity index (χ4n) is 2.37. The van der Waals surface area contributed by atoms with Gasteiger partial charge in [0.05, 0.1) is 6.04 Å². The number of halogens is 1. The molecular formula is C17H21BrN2. The number of hydrogen-bond acceptors (Lipinski definition) is 2. The van der Waals surface area contributed by atoms with Gasteiger partial charge >= 0.3 is 0 Å². The summed E-state index contributed by atoms with van der Waals surface area (Å²) in [5.41, 5.74) is 12.2. The van der Waals surface area contributed by atoms with E-state index in [4.69, 9.17) is 5.73 Å². The van der Waals surface area contributed by atoms with E-state index in [0.29, 0.717) is 6.54 Å². The molecule has 0 aliphatic heterocycles. The zero-order chi connectivity index (χ0) is 14.7. The SMILES string of the molecule is Cc1cc(C)c(C(CN)Nc2ccc(Br)cc2)cc1C. The maximum atomic E-state index is 5.97. The minimum Gasteiger partial charge on any atom is -0.377 e. The normalized spacial score (nSPS) is 12.2. The fraction of sp³-hybridized carbons (Fsp3) is 0.294. The van der Waals surface area contributed by atoms with Crippen LogP contribution >= 0.6 is 15.9 Å². The zero-order valence-electron chi connectivity index (χ0n) is 12.2. The van der Waals surface area contributed by atoms with Crippen molar-refractivity contribution < 1.29 is 0 Å². The summed E-state index contributed by atoms with van der Waals surface area (Å²) in [5.74, 6) is 0. The number of aryl methyl sites for hydroxylation is 3. The predicted molar refractivity (Wildman–Crippen MR) is 90.2 cm³/mol. The van der Waals surface area contributed by atoms with Crippen molar-refractivity contribution in [1.29, 1.82) is 0 Å². The Bertz CT molecular complexity index is 591. The number of anilines is 1. The van der Waals surface area contributed by atoms with E-state index in [2.05, 4.69) is 66.3 Å². The molecule has 2 aromatic carbocycles. The number of nitrogens with one attached hydrogen (secondary N) is 1. The van der Waals surface area contributed by atoms with E-state index in [1.807, 2.05) is 12.1 Å². The first-order chi connectivity index (χ1) is 9.51. The molecule has 0 saturated carbocycles. The monoisotopic (exact) mass is 332 g/mol. The molecule has 0 aliphatic rings. The quantitative estimate of drug-likeness (QED) is 0.865. The molecule has 3 N–H and O–H groups in total. The minimum absolute atomic E-state index is 0.135. The van der Waals surface area contributed by atoms with Crippen LogP contribution in [0.5, 0.6) is 0 Å². The van der Waals surface area contributed by atoms with Crippen molar-refractivity contribution in [3.8, 4) is 0 Å². The molecule has 0 fully saturated rings. The summed E-state index contributed by atoms with van der Waals surface area (Å²) in [6.45, 7) is 7.00. The molecule has 0 aliphatic carbocycles. The van der Waals surface area contributed by atoms with Crippen molar-refractivity contribution in [3.05, 3.63) is 63.1 Å². The maximum Gasteiger partial charge on any atom is 0.0638 e. The van der Waals surface area contributed by atoms with Gasteiger partial charge < -0.3 is 11.1 Å². The van der Waals surface area contributed by atoms with Gasteiger partial charge in [-0.25, -0.2) is 0 Å². The Hall–Kier alpha value is -1.32. The van der Waals surface area contributed by atoms with Crippen LogP contribution in [0.4, 0.5) is 5.69 Å². The second kappa shape index (κ2) is 6.42. The van der Waals surface area contributed by atoms with Crippen LogP contribution in [0.25, 0.3) is 0 Å². The van der Waals surface area contributed by atoms with Gasteiger partial charge in [-0.3, -0.25) is 0 Å². The zero-order valence-corrected chi connectivity index (χ0v) is 13.8. The van der Waals surface area contributed by atoms with Crippen LogP contribution in [0.15, 0.2) is 40.9 Å². The summed E-state index contributed by atoms with van der Waals surface area (Å²) in [5, 5.41) is 3.51. The average molecular weight is 333 g/mol. The molecule has 3 heteroatoms. The Morgan fingerprint density at radius 3 is 2.20 bits per heavy atom. The number of hydrogen-bond donors (Lipinski definition) is 2. The summed E-state index contributed by atoms with van der Waals surface area (Å²) in [6, 6.07) is 12.8. The highest BCUT2D eigenvalue weighted by atomic mass is 79.9. The van der Waals surface area contributed by atoms with E-state index in [1.54, 1.807) is 0 Å². The van der Waals surface area contributed by atoms with Crippen molar-refractivity contribution in [2.75, 3.05) is 11.9 Å². The van der Waals surface area contributed by atoms with Crippen molar-refractivity contribution in [2.45, 2.75) is 26.8 Å². The van der Waals surface area contributed by atoms with E-state index in [0.717, 1.165) is 10.2 Å². The van der Waals surface area contributed by atoms with Gasteiger partial charge in [-0.05, 0) is 67.3 Å². The molecule has 2 nitrogen and oxygen atoms in total. The van der Waals surface area contributed by atoms with Gasteiger partial charge in [0.2, 0.25) is 0 Å². The summed E-state index contributed by atoms with van der Waals surface area (Å²) < 4.78 is 1.08. The van der Waals surface area contributed by atoms with Gasteiger partial charge in [-0.1, -0.05) is 28.1 Å². The lowest BCUT2D eigenvalue weighted by Crippen LogP contribution is -2.21. The molecule has 0 amide bonds. The molecule has 1 unspecified atom stereocenters. The van der Waals surface area contributed by atoms with Crippen LogP contribution in [0.3, 0.4) is 0 Å². The molecule has 0 aromatic heterocycles. The van der Waals surface area contributed by atoms with Crippen LogP contribution < -0.4 is 11.1 Å². The molecule has 2 rings (SSSR count). The summed E-state index contributed by atoms with van der Waals surface area (Å²) in [7, 11) is 0. The minimum atomic E-state index is 0.135. The molecule has 20 heavy (non-hydrogen) atoms. The van der Waals surface area contributed by atoms with E-state index in [9.17, 15) is 0 Å². The number of rotatable bonds is 4. The summed E-state index contributed by atoms with van der Waals surface area (Å²) in [6.07, 6.45) is 0. The lowest BCUT2D eigenvalue weighted by Gasteiger charge is -2.22. The van der Waals surface area contributed by atoms with Gasteiger partial charge in [0.25, 0.3) is 0 Å². The lowest BCUT2D eigenvalue weighted by molar-refractivity contribution is 0.782. The smallest absolute Gasteiger partial charge is 0.0638 e. The van der Waals surface area contributed by atoms with Gasteiger partial charge in [0.15, 0.2) is 0 Å². The van der Waals surface area contributed by atoms with Gasteiger partial charge in [-0.15, -0.1) is 0 Å². The lowest BCUT2D eigenvalue weighted by atomic mass is 9.95. The first-order valence-corrected chi connectivity index (χ1v) is 7.60. The van der Waals surface area contributed by atoms with Gasteiger partial charge in [-0.2, -0.15) is 0 Å². The predicted octanol–water partition coefficient (Wildman–Crippen LogP) is 4.49. The average Bonchev–Trinajstić information content (AvgIpc) is 2.43. The van der Waals surface area contributed by atoms with Crippen LogP contribution in [-0.4, -0.2) is 6.54 Å². The van der Waals surface area contributed by atoms with E-state index in [-0.39, 0.29) is 6.04 Å². The van der Waals surface area contributed by atoms with Crippen LogP contribution in [0.2, 0.25) is 0 Å². The highest BCUT2D eigenvalue weighted by Gasteiger charge is 2.13. The molecule has 0 radical (unpaired) electrons. The molecule has 106 valence electrons. The molecular weight excluding hydrogens is 312 g/mol. The third kappa shape index (κ3) is 3.41. The Labute approximate surface area is 129 Å². The largest absolute Gasteiger partial charge is 0.377 e. The second-order valence-electron chi connectivity index (χ2n) is 5.23. The second-order valence-corrected chi connectivity index (χ2v) is 6.15. The van der Waals surface area contributed by atoms with E-state index in [1.165, 1.54) is 22.3 Å². The number of nitrogens with two attached hydrogens (primary N) is 1. The highest BCUT2D eigenvalue weighted by molar-refractivity contribution is 9.10. The Morgan fingerprint density at radius 2 is 1.60 bits per heavy atom. The highest BCUT2D eigenvalue weighted by Crippen LogP contribution is 2.25. The van der Waals surface area contributed by atoms with Crippen LogP contribution in [0.1, 0.15) is 28.3 Å². The molecule has 0 saturated heterocycles. The molecule has 0 bridgehead atoms. The fourth-order valence-corrected chi connectivity index (χ4v) is 2.63. The standard InChI is InChI=1S/C17H21BrN2/c1-11-8-13(3)16(9-12(11)2)17(10-19)20-15-6-4-14(18)5-7-15/h4-9,17,20H,10,19H2,1-3H3. The first kappa shape index (κ1) is 15.1. The Kier molecular flexibility index (Phi) is 4.84. The van der Waals surface area contributed by atoms with E-state index >= 15 is 0 Å². The van der Waals surface area contributed by atoms with E-state index < -0.39 is 0 Å². The third-order valence-corrected chi connectivity index (χ3v) is 4.21. The summed E-state index contributed by atoms with van der Waals surface area (Å²) >= 11 is 3.45. The Morgan fingerprint density at radius 1 is 1.00 bits per heavy atom. The molecule has 0 spiro atoms.